The number of nitrogens with two attached hydrogens (primary N) is 1. The molecule has 1 saturated heterocycles. The van der Waals surface area contributed by atoms with Gasteiger partial charge in [0, 0.05) is 30.7 Å². The lowest BCUT2D eigenvalue weighted by Gasteiger charge is -2.30. The third-order valence-corrected chi connectivity index (χ3v) is 11.9. The second-order valence-electron chi connectivity index (χ2n) is 13.0. The Bertz CT molecular complexity index is 2090. The van der Waals surface area contributed by atoms with Gasteiger partial charge < -0.3 is 50.9 Å². The molecule has 3 heterocycles. The summed E-state index contributed by atoms with van der Waals surface area (Å²) in [4.78, 5) is 87.7. The normalized spacial score (nSPS) is 21.4. The number of phosphoric ester groups is 3. The van der Waals surface area contributed by atoms with Gasteiger partial charge in [0.15, 0.2) is 17.7 Å². The zero-order valence-corrected chi connectivity index (χ0v) is 34.1. The predicted octanol–water partition coefficient (Wildman–Crippen LogP) is 0.378. The summed E-state index contributed by atoms with van der Waals surface area (Å²) in [5.41, 5.74) is 5.11. The van der Waals surface area contributed by atoms with Crippen molar-refractivity contribution < 1.29 is 80.5 Å². The SMILES string of the molecule is CC(C)(COP(=O)(O)OP(=O)(O)OCC1OC(n2cnc3c(N)ncnc32)C(O)C1OP(=O)(O)O)C(O)C(=O)NCCC(=O)NCCSC(=O)/C=C/c1ccccc1. The van der Waals surface area contributed by atoms with Crippen LogP contribution in [0.5, 0.6) is 0 Å². The molecule has 28 heteroatoms. The number of nitrogen functional groups attached to an aromatic ring is 1. The number of hydrogen-bond acceptors (Lipinski definition) is 18. The number of carbonyl (C=O) groups excluding carboxylic acids is 3. The molecule has 0 aliphatic carbocycles. The van der Waals surface area contributed by atoms with Crippen molar-refractivity contribution in [3.63, 3.8) is 0 Å². The Hall–Kier alpha value is -3.48. The number of phosphoric acid groups is 3. The van der Waals surface area contributed by atoms with Crippen molar-refractivity contribution in [3.8, 4) is 0 Å². The highest BCUT2D eigenvalue weighted by Gasteiger charge is 2.50. The molecular weight excluding hydrogens is 855 g/mol. The van der Waals surface area contributed by atoms with Crippen molar-refractivity contribution in [1.29, 1.82) is 0 Å². The van der Waals surface area contributed by atoms with Gasteiger partial charge in [0.05, 0.1) is 19.5 Å². The molecule has 0 radical (unpaired) electrons. The third-order valence-electron chi connectivity index (χ3n) is 7.96. The van der Waals surface area contributed by atoms with Crippen LogP contribution < -0.4 is 16.4 Å². The molecule has 1 aromatic carbocycles. The van der Waals surface area contributed by atoms with Crippen LogP contribution in [-0.4, -0.2) is 123 Å². The number of nitrogens with zero attached hydrogens (tertiary/aromatic N) is 4. The molecule has 2 amide bonds. The Morgan fingerprint density at radius 1 is 1.03 bits per heavy atom. The molecule has 0 bridgehead atoms. The third kappa shape index (κ3) is 14.1. The van der Waals surface area contributed by atoms with E-state index in [1.54, 1.807) is 6.08 Å². The van der Waals surface area contributed by atoms with E-state index in [-0.39, 0.29) is 41.6 Å². The van der Waals surface area contributed by atoms with Crippen LogP contribution >= 0.6 is 35.2 Å². The maximum atomic E-state index is 12.7. The number of ether oxygens (including phenoxy) is 1. The molecule has 2 aromatic heterocycles. The van der Waals surface area contributed by atoms with Crippen LogP contribution in [0.3, 0.4) is 0 Å². The minimum absolute atomic E-state index is 0.0285. The number of hydrogen-bond donors (Lipinski definition) is 9. The molecule has 1 aliphatic rings. The molecule has 320 valence electrons. The average Bonchev–Trinajstić information content (AvgIpc) is 3.71. The van der Waals surface area contributed by atoms with E-state index in [1.807, 2.05) is 30.3 Å². The fraction of sp³-hybridized carbons (Fsp3) is 0.467. The Labute approximate surface area is 334 Å². The highest BCUT2D eigenvalue weighted by atomic mass is 32.2. The van der Waals surface area contributed by atoms with Crippen LogP contribution in [0.2, 0.25) is 0 Å². The van der Waals surface area contributed by atoms with Crippen molar-refractivity contribution in [1.82, 2.24) is 30.2 Å². The maximum absolute atomic E-state index is 12.7. The van der Waals surface area contributed by atoms with Gasteiger partial charge in [-0.1, -0.05) is 62.0 Å². The molecule has 1 fully saturated rings. The summed E-state index contributed by atoms with van der Waals surface area (Å²) in [7, 11) is -16.4. The topological polar surface area (TPSA) is 364 Å². The lowest BCUT2D eigenvalue weighted by atomic mass is 9.87. The van der Waals surface area contributed by atoms with Crippen LogP contribution in [0.15, 0.2) is 49.1 Å². The van der Waals surface area contributed by atoms with Crippen LogP contribution in [0, 0.1) is 5.41 Å². The summed E-state index contributed by atoms with van der Waals surface area (Å²) in [6.07, 6.45) is -3.86. The van der Waals surface area contributed by atoms with E-state index in [2.05, 4.69) is 34.4 Å². The fourth-order valence-electron chi connectivity index (χ4n) is 5.06. The van der Waals surface area contributed by atoms with E-state index in [0.717, 1.165) is 34.5 Å². The van der Waals surface area contributed by atoms with E-state index >= 15 is 0 Å². The summed E-state index contributed by atoms with van der Waals surface area (Å²) in [6.45, 7) is 0.432. The van der Waals surface area contributed by atoms with Crippen LogP contribution in [0.1, 0.15) is 32.1 Å². The molecular formula is C30H42N7O17P3S. The molecule has 4 rings (SSSR count). The van der Waals surface area contributed by atoms with Gasteiger partial charge in [0.25, 0.3) is 0 Å². The largest absolute Gasteiger partial charge is 0.481 e. The molecule has 7 unspecified atom stereocenters. The molecule has 24 nitrogen and oxygen atoms in total. The molecule has 3 aromatic rings. The van der Waals surface area contributed by atoms with Crippen LogP contribution in [-0.2, 0) is 50.7 Å². The van der Waals surface area contributed by atoms with Crippen molar-refractivity contribution in [2.24, 2.45) is 5.41 Å². The molecule has 0 spiro atoms. The summed E-state index contributed by atoms with van der Waals surface area (Å²) in [5, 5.41) is 26.2. The maximum Gasteiger partial charge on any atom is 0.481 e. The molecule has 0 saturated carbocycles. The number of anilines is 1. The van der Waals surface area contributed by atoms with E-state index in [4.69, 9.17) is 19.5 Å². The quantitative estimate of drug-likeness (QED) is 0.0396. The summed E-state index contributed by atoms with van der Waals surface area (Å²) in [5.74, 6) is -1.18. The standard InChI is InChI=1S/C30H42N7O17P3S/c1-30(2,25(41)28(42)33-11-10-20(38)32-12-13-58-21(39)9-8-18-6-4-3-5-7-18)15-51-57(48,49)54-56(46,47)50-14-19-24(53-55(43,44)45)23(40)29(52-19)37-17-36-22-26(31)34-16-35-27(22)37/h3-9,16-17,19,23-25,29,40-41H,10-15H2,1-2H3,(H,32,38)(H,33,42)(H,46,47)(H,48,49)(H2,31,34,35)(H2,43,44,45)/b9-8+. The van der Waals surface area contributed by atoms with Gasteiger partial charge in [0.2, 0.25) is 16.9 Å². The highest BCUT2D eigenvalue weighted by molar-refractivity contribution is 8.14. The number of fused-ring (bicyclic) bond motifs is 1. The number of aliphatic hydroxyl groups excluding tert-OH is 2. The van der Waals surface area contributed by atoms with Gasteiger partial charge >= 0.3 is 23.5 Å². The van der Waals surface area contributed by atoms with Gasteiger partial charge in [-0.2, -0.15) is 4.31 Å². The molecule has 58 heavy (non-hydrogen) atoms. The Morgan fingerprint density at radius 2 is 1.72 bits per heavy atom. The zero-order chi connectivity index (χ0) is 42.9. The number of benzene rings is 1. The smallest absolute Gasteiger partial charge is 0.386 e. The minimum atomic E-state index is -5.58. The zero-order valence-electron chi connectivity index (χ0n) is 30.6. The van der Waals surface area contributed by atoms with Gasteiger partial charge in [-0.3, -0.25) is 32.5 Å². The van der Waals surface area contributed by atoms with Crippen LogP contribution in [0.4, 0.5) is 5.82 Å². The number of amides is 2. The minimum Gasteiger partial charge on any atom is -0.386 e. The molecule has 1 aliphatic heterocycles. The average molecular weight is 898 g/mol. The molecule has 7 atom stereocenters. The van der Waals surface area contributed by atoms with Crippen molar-refractivity contribution in [2.45, 2.75) is 50.9 Å². The van der Waals surface area contributed by atoms with Gasteiger partial charge in [-0.05, 0) is 11.6 Å². The van der Waals surface area contributed by atoms with Gasteiger partial charge in [0.1, 0.15) is 36.3 Å². The highest BCUT2D eigenvalue weighted by Crippen LogP contribution is 2.61. The number of thioether (sulfide) groups is 1. The Kier molecular flexibility index (Phi) is 16.4. The van der Waals surface area contributed by atoms with Crippen molar-refractivity contribution in [2.75, 3.05) is 37.8 Å². The number of carbonyl (C=O) groups is 3. The van der Waals surface area contributed by atoms with E-state index in [0.29, 0.717) is 5.75 Å². The number of rotatable bonds is 21. The molecule has 10 N–H and O–H groups in total. The van der Waals surface area contributed by atoms with Gasteiger partial charge in [-0.25, -0.2) is 28.6 Å². The number of aromatic nitrogens is 4. The first-order chi connectivity index (χ1) is 27.1. The number of aliphatic hydroxyl groups is 2. The second kappa shape index (κ2) is 20.2. The lowest BCUT2D eigenvalue weighted by molar-refractivity contribution is -0.137. The van der Waals surface area contributed by atoms with E-state index < -0.39 is 84.6 Å². The summed E-state index contributed by atoms with van der Waals surface area (Å²) < 4.78 is 62.1. The Balaban J connectivity index is 1.21. The first kappa shape index (κ1) is 47.2. The first-order valence-electron chi connectivity index (χ1n) is 16.9. The first-order valence-corrected chi connectivity index (χ1v) is 22.4. The van der Waals surface area contributed by atoms with Crippen molar-refractivity contribution in [3.05, 3.63) is 54.6 Å². The summed E-state index contributed by atoms with van der Waals surface area (Å²) in [6, 6.07) is 9.21. The second-order valence-corrected chi connectivity index (χ2v) is 18.3. The summed E-state index contributed by atoms with van der Waals surface area (Å²) >= 11 is 1.00. The lowest BCUT2D eigenvalue weighted by Crippen LogP contribution is -2.46. The fourth-order valence-corrected chi connectivity index (χ4v) is 8.46. The Morgan fingerprint density at radius 3 is 2.41 bits per heavy atom. The van der Waals surface area contributed by atoms with Crippen molar-refractivity contribution >= 4 is 75.2 Å². The van der Waals surface area contributed by atoms with Gasteiger partial charge in [-0.15, -0.1) is 0 Å². The number of imidazole rings is 1. The van der Waals surface area contributed by atoms with E-state index in [9.17, 15) is 57.9 Å². The monoisotopic (exact) mass is 897 g/mol. The predicted molar refractivity (Wildman–Crippen MR) is 203 cm³/mol. The van der Waals surface area contributed by atoms with Crippen LogP contribution in [0.25, 0.3) is 17.2 Å². The van der Waals surface area contributed by atoms with E-state index in [1.165, 1.54) is 19.9 Å². The number of nitrogens with one attached hydrogen (secondary N) is 2.